The highest BCUT2D eigenvalue weighted by atomic mass is 32.1. The summed E-state index contributed by atoms with van der Waals surface area (Å²) in [5.41, 5.74) is 2.74. The number of ether oxygens (including phenoxy) is 1. The van der Waals surface area contributed by atoms with Gasteiger partial charge in [0.25, 0.3) is 11.6 Å². The van der Waals surface area contributed by atoms with E-state index in [1.165, 1.54) is 17.4 Å². The second kappa shape index (κ2) is 6.60. The molecule has 0 unspecified atom stereocenters. The molecule has 3 heterocycles. The molecule has 2 aromatic heterocycles. The van der Waals surface area contributed by atoms with Gasteiger partial charge in [-0.05, 0) is 24.6 Å². The predicted molar refractivity (Wildman–Crippen MR) is 102 cm³/mol. The van der Waals surface area contributed by atoms with Crippen LogP contribution < -0.4 is 10.6 Å². The first-order valence-electron chi connectivity index (χ1n) is 8.22. The number of para-hydroxylation sites is 1. The number of aryl methyl sites for hydroxylation is 1. The number of benzene rings is 1. The maximum Gasteiger partial charge on any atom is 0.276 e. The summed E-state index contributed by atoms with van der Waals surface area (Å²) in [4.78, 5) is 29.4. The third-order valence-electron chi connectivity index (χ3n) is 4.39. The van der Waals surface area contributed by atoms with Crippen molar-refractivity contribution in [3.63, 3.8) is 0 Å². The Kier molecular flexibility index (Phi) is 4.25. The van der Waals surface area contributed by atoms with E-state index in [0.717, 1.165) is 21.5 Å². The summed E-state index contributed by atoms with van der Waals surface area (Å²) < 4.78 is 5.30. The molecule has 0 fully saturated rings. The third kappa shape index (κ3) is 2.90. The number of amides is 1. The van der Waals surface area contributed by atoms with Crippen LogP contribution in [0.4, 0.5) is 11.4 Å². The van der Waals surface area contributed by atoms with Crippen LogP contribution in [0.25, 0.3) is 10.2 Å². The highest BCUT2D eigenvalue weighted by Crippen LogP contribution is 2.42. The average molecular weight is 384 g/mol. The largest absolute Gasteiger partial charge is 0.380 e. The summed E-state index contributed by atoms with van der Waals surface area (Å²) in [6, 6.07) is 8.28. The molecule has 4 rings (SSSR count). The zero-order chi connectivity index (χ0) is 19.1. The van der Waals surface area contributed by atoms with Gasteiger partial charge in [0.15, 0.2) is 0 Å². The zero-order valence-corrected chi connectivity index (χ0v) is 15.4. The lowest BCUT2D eigenvalue weighted by molar-refractivity contribution is -0.385. The molecule has 27 heavy (non-hydrogen) atoms. The molecule has 3 aromatic rings. The number of carbonyl (C=O) groups is 1. The van der Waals surface area contributed by atoms with Crippen molar-refractivity contribution >= 4 is 38.8 Å². The third-order valence-corrected chi connectivity index (χ3v) is 5.47. The number of hydrogen-bond donors (Lipinski definition) is 2. The van der Waals surface area contributed by atoms with Gasteiger partial charge in [0.1, 0.15) is 15.9 Å². The van der Waals surface area contributed by atoms with Gasteiger partial charge >= 0.3 is 0 Å². The molecule has 0 radical (unpaired) electrons. The fourth-order valence-corrected chi connectivity index (χ4v) is 4.44. The summed E-state index contributed by atoms with van der Waals surface area (Å²) in [5.74, 6) is -0.282. The number of nitro groups is 1. The Labute approximate surface area is 158 Å². The summed E-state index contributed by atoms with van der Waals surface area (Å²) in [5, 5.41) is 18.3. The number of nitro benzene ring substituents is 1. The van der Waals surface area contributed by atoms with Crippen molar-refractivity contribution in [2.75, 3.05) is 12.4 Å². The first-order chi connectivity index (χ1) is 13.0. The van der Waals surface area contributed by atoms with Gasteiger partial charge in [0.2, 0.25) is 0 Å². The lowest BCUT2D eigenvalue weighted by atomic mass is 10.1. The van der Waals surface area contributed by atoms with E-state index in [4.69, 9.17) is 4.74 Å². The van der Waals surface area contributed by atoms with Gasteiger partial charge in [-0.3, -0.25) is 14.9 Å². The Balaban J connectivity index is 1.87. The Morgan fingerprint density at radius 2 is 2.11 bits per heavy atom. The summed E-state index contributed by atoms with van der Waals surface area (Å²) in [6.07, 6.45) is -0.707. The van der Waals surface area contributed by atoms with E-state index in [9.17, 15) is 14.9 Å². The minimum absolute atomic E-state index is 0.0515. The van der Waals surface area contributed by atoms with E-state index in [2.05, 4.69) is 15.6 Å². The molecular formula is C18H16N4O4S. The quantitative estimate of drug-likeness (QED) is 0.527. The lowest BCUT2D eigenvalue weighted by Crippen LogP contribution is -2.38. The second-order valence-electron chi connectivity index (χ2n) is 6.21. The average Bonchev–Trinajstić information content (AvgIpc) is 3.00. The van der Waals surface area contributed by atoms with Gasteiger partial charge in [-0.2, -0.15) is 0 Å². The highest BCUT2D eigenvalue weighted by Gasteiger charge is 2.33. The van der Waals surface area contributed by atoms with Crippen molar-refractivity contribution in [3.05, 3.63) is 62.1 Å². The molecule has 2 N–H and O–H groups in total. The number of anilines is 1. The Morgan fingerprint density at radius 1 is 1.33 bits per heavy atom. The molecule has 8 nitrogen and oxygen atoms in total. The van der Waals surface area contributed by atoms with E-state index in [1.54, 1.807) is 25.3 Å². The smallest absolute Gasteiger partial charge is 0.276 e. The molecule has 9 heteroatoms. The zero-order valence-electron chi connectivity index (χ0n) is 14.6. The molecule has 0 saturated carbocycles. The standard InChI is InChI=1S/C18H16N4O4S/c1-9-7-10(8-26-2)13-14-15(27-18(13)19-9)17(23)21-16(20-14)11-5-3-4-6-12(11)22(24)25/h3-7,16,20H,8H2,1-2H3,(H,21,23)/t16-/m0/s1. The van der Waals surface area contributed by atoms with Gasteiger partial charge in [-0.25, -0.2) is 4.98 Å². The number of rotatable bonds is 4. The molecule has 0 saturated heterocycles. The lowest BCUT2D eigenvalue weighted by Gasteiger charge is -2.26. The number of nitrogens with one attached hydrogen (secondary N) is 2. The monoisotopic (exact) mass is 384 g/mol. The topological polar surface area (TPSA) is 106 Å². The van der Waals surface area contributed by atoms with Crippen molar-refractivity contribution < 1.29 is 14.5 Å². The minimum atomic E-state index is -0.707. The molecule has 1 aromatic carbocycles. The van der Waals surface area contributed by atoms with Crippen LogP contribution in [0, 0.1) is 17.0 Å². The van der Waals surface area contributed by atoms with Gasteiger partial charge < -0.3 is 15.4 Å². The molecule has 1 aliphatic heterocycles. The van der Waals surface area contributed by atoms with Crippen LogP contribution in [-0.2, 0) is 11.3 Å². The molecule has 138 valence electrons. The van der Waals surface area contributed by atoms with Gasteiger partial charge in [-0.1, -0.05) is 12.1 Å². The normalized spacial score (nSPS) is 15.9. The van der Waals surface area contributed by atoms with Crippen LogP contribution >= 0.6 is 11.3 Å². The number of thiophene rings is 1. The molecule has 0 aliphatic carbocycles. The van der Waals surface area contributed by atoms with Crippen LogP contribution in [0.2, 0.25) is 0 Å². The van der Waals surface area contributed by atoms with E-state index in [1.807, 2.05) is 13.0 Å². The molecule has 0 bridgehead atoms. The fraction of sp³-hybridized carbons (Fsp3) is 0.222. The number of pyridine rings is 1. The molecular weight excluding hydrogens is 368 g/mol. The molecule has 1 atom stereocenters. The Hall–Kier alpha value is -3.04. The van der Waals surface area contributed by atoms with Gasteiger partial charge in [0.05, 0.1) is 22.8 Å². The van der Waals surface area contributed by atoms with E-state index in [-0.39, 0.29) is 11.6 Å². The first-order valence-corrected chi connectivity index (χ1v) is 9.04. The minimum Gasteiger partial charge on any atom is -0.380 e. The number of carbonyl (C=O) groups excluding carboxylic acids is 1. The van der Waals surface area contributed by atoms with E-state index < -0.39 is 11.1 Å². The Bertz CT molecular complexity index is 1080. The number of nitrogens with zero attached hydrogens (tertiary/aromatic N) is 2. The summed E-state index contributed by atoms with van der Waals surface area (Å²) in [6.45, 7) is 2.27. The SMILES string of the molecule is COCc1cc(C)nc2sc3c(c12)N[C@H](c1ccccc1[N+](=O)[O-])NC3=O. The maximum absolute atomic E-state index is 12.7. The molecule has 1 amide bonds. The first kappa shape index (κ1) is 17.4. The van der Waals surface area contributed by atoms with Crippen LogP contribution in [0.3, 0.4) is 0 Å². The van der Waals surface area contributed by atoms with Crippen molar-refractivity contribution in [2.45, 2.75) is 19.7 Å². The summed E-state index contributed by atoms with van der Waals surface area (Å²) >= 11 is 1.29. The molecule has 0 spiro atoms. The van der Waals surface area contributed by atoms with Crippen LogP contribution in [0.5, 0.6) is 0 Å². The Morgan fingerprint density at radius 3 is 2.85 bits per heavy atom. The summed E-state index contributed by atoms with van der Waals surface area (Å²) in [7, 11) is 1.61. The number of hydrogen-bond acceptors (Lipinski definition) is 7. The van der Waals surface area contributed by atoms with Crippen LogP contribution in [0.15, 0.2) is 30.3 Å². The van der Waals surface area contributed by atoms with E-state index >= 15 is 0 Å². The number of methoxy groups -OCH3 is 1. The van der Waals surface area contributed by atoms with Crippen LogP contribution in [0.1, 0.15) is 32.7 Å². The fourth-order valence-electron chi connectivity index (χ4n) is 3.31. The van der Waals surface area contributed by atoms with Crippen molar-refractivity contribution in [2.24, 2.45) is 0 Å². The van der Waals surface area contributed by atoms with Gasteiger partial charge in [0, 0.05) is 24.3 Å². The number of aromatic nitrogens is 1. The maximum atomic E-state index is 12.7. The highest BCUT2D eigenvalue weighted by molar-refractivity contribution is 7.21. The van der Waals surface area contributed by atoms with Gasteiger partial charge in [-0.15, -0.1) is 11.3 Å². The van der Waals surface area contributed by atoms with Crippen LogP contribution in [-0.4, -0.2) is 22.9 Å². The predicted octanol–water partition coefficient (Wildman–Crippen LogP) is 3.51. The second-order valence-corrected chi connectivity index (χ2v) is 7.21. The number of fused-ring (bicyclic) bond motifs is 3. The molecule has 1 aliphatic rings. The van der Waals surface area contributed by atoms with Crippen molar-refractivity contribution in [1.82, 2.24) is 10.3 Å². The van der Waals surface area contributed by atoms with Crippen molar-refractivity contribution in [3.8, 4) is 0 Å². The van der Waals surface area contributed by atoms with E-state index in [0.29, 0.717) is 22.7 Å². The van der Waals surface area contributed by atoms with Crippen molar-refractivity contribution in [1.29, 1.82) is 0 Å².